The zero-order valence-electron chi connectivity index (χ0n) is 6.23. The molecule has 0 heterocycles. The van der Waals surface area contributed by atoms with E-state index in [1.54, 1.807) is 0 Å². The highest BCUT2D eigenvalue weighted by Crippen LogP contribution is 2.19. The van der Waals surface area contributed by atoms with Crippen LogP contribution >= 0.6 is 0 Å². The second-order valence-corrected chi connectivity index (χ2v) is 3.48. The molecule has 4 nitrogen and oxygen atoms in total. The predicted octanol–water partition coefficient (Wildman–Crippen LogP) is 0.319. The molecular weight excluding hydrogens is 164 g/mol. The van der Waals surface area contributed by atoms with E-state index in [1.807, 2.05) is 0 Å². The Kier molecular flexibility index (Phi) is 3.02. The Morgan fingerprint density at radius 1 is 1.27 bits per heavy atom. The molecule has 2 unspecified atom stereocenters. The fraction of sp³-hybridized carbons (Fsp3) is 1.00. The Hall–Kier alpha value is -0.420. The van der Waals surface area contributed by atoms with Gasteiger partial charge in [0.15, 0.2) is 0 Å². The monoisotopic (exact) mass is 176 g/mol. The van der Waals surface area contributed by atoms with Gasteiger partial charge in [0.2, 0.25) is 0 Å². The molecule has 0 aliphatic heterocycles. The highest BCUT2D eigenvalue weighted by atomic mass is 32.2. The lowest BCUT2D eigenvalue weighted by Crippen LogP contribution is -2.35. The van der Waals surface area contributed by atoms with Gasteiger partial charge in [-0.3, -0.25) is 0 Å². The van der Waals surface area contributed by atoms with Gasteiger partial charge < -0.3 is 5.73 Å². The molecule has 1 aliphatic carbocycles. The first kappa shape index (κ1) is 8.67. The highest BCUT2D eigenvalue weighted by Gasteiger charge is 2.21. The standard InChI is InChI=1S/C6H12N2O2S/c7-5-3-1-2-4-6(5)8-11(9)10/h5-6H,1-4,7H2. The molecule has 0 bridgehead atoms. The molecule has 0 radical (unpaired) electrons. The highest BCUT2D eigenvalue weighted by molar-refractivity contribution is 7.61. The maximum Gasteiger partial charge on any atom is 0.311 e. The molecule has 0 amide bonds. The third-order valence-corrected chi connectivity index (χ3v) is 2.45. The first-order chi connectivity index (χ1) is 5.20. The zero-order valence-corrected chi connectivity index (χ0v) is 7.05. The van der Waals surface area contributed by atoms with Crippen molar-refractivity contribution in [3.63, 3.8) is 0 Å². The molecule has 0 aromatic rings. The predicted molar refractivity (Wildman–Crippen MR) is 41.6 cm³/mol. The number of nitrogens with zero attached hydrogens (tertiary/aromatic N) is 1. The minimum absolute atomic E-state index is 0.0540. The fourth-order valence-electron chi connectivity index (χ4n) is 1.38. The molecule has 1 fully saturated rings. The summed E-state index contributed by atoms with van der Waals surface area (Å²) in [6.45, 7) is 0. The van der Waals surface area contributed by atoms with E-state index in [4.69, 9.17) is 5.73 Å². The first-order valence-electron chi connectivity index (χ1n) is 3.76. The summed E-state index contributed by atoms with van der Waals surface area (Å²) in [4.78, 5) is 0. The minimum Gasteiger partial charge on any atom is -0.326 e. The number of rotatable bonds is 1. The maximum atomic E-state index is 10.2. The van der Waals surface area contributed by atoms with Crippen LogP contribution in [0.3, 0.4) is 0 Å². The van der Waals surface area contributed by atoms with Gasteiger partial charge in [0.05, 0.1) is 6.04 Å². The summed E-state index contributed by atoms with van der Waals surface area (Å²) in [5, 5.41) is 0. The van der Waals surface area contributed by atoms with Crippen molar-refractivity contribution in [3.8, 4) is 0 Å². The average Bonchev–Trinajstić information content (AvgIpc) is 1.93. The maximum absolute atomic E-state index is 10.2. The first-order valence-corrected chi connectivity index (χ1v) is 4.79. The van der Waals surface area contributed by atoms with Crippen LogP contribution in [0.1, 0.15) is 25.7 Å². The van der Waals surface area contributed by atoms with Crippen molar-refractivity contribution in [3.05, 3.63) is 0 Å². The summed E-state index contributed by atoms with van der Waals surface area (Å²) in [5.41, 5.74) is 5.66. The van der Waals surface area contributed by atoms with Crippen LogP contribution in [0, 0.1) is 0 Å². The van der Waals surface area contributed by atoms with Gasteiger partial charge in [0.25, 0.3) is 0 Å². The zero-order chi connectivity index (χ0) is 8.27. The van der Waals surface area contributed by atoms with E-state index < -0.39 is 10.5 Å². The lowest BCUT2D eigenvalue weighted by Gasteiger charge is -2.23. The van der Waals surface area contributed by atoms with Gasteiger partial charge in [-0.05, 0) is 12.8 Å². The fourth-order valence-corrected chi connectivity index (χ4v) is 1.86. The summed E-state index contributed by atoms with van der Waals surface area (Å²) in [5.74, 6) is 0. The summed E-state index contributed by atoms with van der Waals surface area (Å²) < 4.78 is 23.9. The van der Waals surface area contributed by atoms with Gasteiger partial charge in [-0.2, -0.15) is 12.8 Å². The molecule has 0 spiro atoms. The minimum atomic E-state index is -2.29. The van der Waals surface area contributed by atoms with E-state index in [-0.39, 0.29) is 12.1 Å². The lowest BCUT2D eigenvalue weighted by molar-refractivity contribution is 0.387. The van der Waals surface area contributed by atoms with Gasteiger partial charge in [-0.1, -0.05) is 12.8 Å². The third-order valence-electron chi connectivity index (χ3n) is 2.00. The Labute approximate surface area is 67.5 Å². The normalized spacial score (nSPS) is 31.4. The van der Waals surface area contributed by atoms with Crippen molar-refractivity contribution in [1.29, 1.82) is 0 Å². The summed E-state index contributed by atoms with van der Waals surface area (Å²) in [6.07, 6.45) is 3.85. The molecular formula is C6H12N2O2S. The van der Waals surface area contributed by atoms with Crippen LogP contribution in [0.4, 0.5) is 0 Å². The number of hydrogen-bond donors (Lipinski definition) is 1. The van der Waals surface area contributed by atoms with Gasteiger partial charge in [-0.25, -0.2) is 0 Å². The van der Waals surface area contributed by atoms with Crippen molar-refractivity contribution in [2.75, 3.05) is 0 Å². The molecule has 1 aliphatic rings. The quantitative estimate of drug-likeness (QED) is 0.625. The lowest BCUT2D eigenvalue weighted by atomic mass is 9.92. The van der Waals surface area contributed by atoms with Crippen LogP contribution in [0.5, 0.6) is 0 Å². The van der Waals surface area contributed by atoms with Crippen LogP contribution in [0.2, 0.25) is 0 Å². The molecule has 11 heavy (non-hydrogen) atoms. The van der Waals surface area contributed by atoms with Gasteiger partial charge in [0, 0.05) is 6.04 Å². The summed E-state index contributed by atoms with van der Waals surface area (Å²) in [7, 11) is -2.29. The van der Waals surface area contributed by atoms with Crippen LogP contribution in [0.15, 0.2) is 4.36 Å². The van der Waals surface area contributed by atoms with Crippen molar-refractivity contribution in [2.45, 2.75) is 37.8 Å². The van der Waals surface area contributed by atoms with Crippen molar-refractivity contribution < 1.29 is 8.42 Å². The third kappa shape index (κ3) is 2.59. The van der Waals surface area contributed by atoms with Crippen molar-refractivity contribution in [1.82, 2.24) is 0 Å². The van der Waals surface area contributed by atoms with Crippen LogP contribution in [-0.2, 0) is 10.5 Å². The van der Waals surface area contributed by atoms with E-state index in [0.29, 0.717) is 0 Å². The molecule has 2 atom stereocenters. The second kappa shape index (κ2) is 3.82. The number of nitrogens with two attached hydrogens (primary N) is 1. The van der Waals surface area contributed by atoms with E-state index in [1.165, 1.54) is 0 Å². The SMILES string of the molecule is NC1CCCCC1N=S(=O)=O. The van der Waals surface area contributed by atoms with Crippen LogP contribution in [-0.4, -0.2) is 20.5 Å². The molecule has 0 aromatic carbocycles. The Balaban J connectivity index is 2.62. The number of hydrogen-bond acceptors (Lipinski definition) is 4. The molecule has 0 aromatic heterocycles. The van der Waals surface area contributed by atoms with Crippen molar-refractivity contribution in [2.24, 2.45) is 10.1 Å². The van der Waals surface area contributed by atoms with Gasteiger partial charge in [0.1, 0.15) is 0 Å². The molecule has 2 N–H and O–H groups in total. The molecule has 5 heteroatoms. The van der Waals surface area contributed by atoms with Crippen LogP contribution in [0.25, 0.3) is 0 Å². The van der Waals surface area contributed by atoms with Crippen molar-refractivity contribution >= 4 is 10.5 Å². The summed E-state index contributed by atoms with van der Waals surface area (Å²) >= 11 is 0. The molecule has 1 saturated carbocycles. The topological polar surface area (TPSA) is 72.5 Å². The second-order valence-electron chi connectivity index (χ2n) is 2.84. The Bertz CT molecular complexity index is 239. The smallest absolute Gasteiger partial charge is 0.311 e. The van der Waals surface area contributed by atoms with Crippen LogP contribution < -0.4 is 5.73 Å². The van der Waals surface area contributed by atoms with E-state index in [9.17, 15) is 8.42 Å². The molecule has 64 valence electrons. The average molecular weight is 176 g/mol. The van der Waals surface area contributed by atoms with Gasteiger partial charge in [-0.15, -0.1) is 0 Å². The molecule has 0 saturated heterocycles. The van der Waals surface area contributed by atoms with Gasteiger partial charge >= 0.3 is 10.5 Å². The summed E-state index contributed by atoms with van der Waals surface area (Å²) in [6, 6.07) is -0.219. The largest absolute Gasteiger partial charge is 0.326 e. The van der Waals surface area contributed by atoms with E-state index >= 15 is 0 Å². The van der Waals surface area contributed by atoms with E-state index in [2.05, 4.69) is 4.36 Å². The Morgan fingerprint density at radius 3 is 2.45 bits per heavy atom. The molecule has 1 rings (SSSR count). The Morgan fingerprint density at radius 2 is 1.91 bits per heavy atom. The van der Waals surface area contributed by atoms with E-state index in [0.717, 1.165) is 25.7 Å².